The highest BCUT2D eigenvalue weighted by molar-refractivity contribution is 6.09. The smallest absolute Gasteiger partial charge is 0.235 e. The molecule has 78 valence electrons. The second kappa shape index (κ2) is 4.74. The molecule has 0 radical (unpaired) electrons. The number of Topliss-reactive ketones (excluding diaryl/α,β-unsaturated/α-hetero) is 1. The van der Waals surface area contributed by atoms with Crippen LogP contribution in [0.25, 0.3) is 0 Å². The predicted molar refractivity (Wildman–Crippen MR) is 56.3 cm³/mol. The Labute approximate surface area is 88.6 Å². The van der Waals surface area contributed by atoms with Crippen LogP contribution in [0.2, 0.25) is 0 Å². The summed E-state index contributed by atoms with van der Waals surface area (Å²) in [5, 5.41) is 8.46. The quantitative estimate of drug-likeness (QED) is 0.264. The molecular formula is C12H12O3. The van der Waals surface area contributed by atoms with E-state index in [0.717, 1.165) is 0 Å². The lowest BCUT2D eigenvalue weighted by Crippen LogP contribution is -2.20. The molecule has 1 aromatic rings. The molecule has 0 aliphatic rings. The first kappa shape index (κ1) is 11.4. The van der Waals surface area contributed by atoms with E-state index >= 15 is 0 Å². The molecule has 0 amide bonds. The van der Waals surface area contributed by atoms with Gasteiger partial charge in [0, 0.05) is 5.56 Å². The molecule has 0 aliphatic carbocycles. The van der Waals surface area contributed by atoms with Gasteiger partial charge in [0.25, 0.3) is 0 Å². The maximum absolute atomic E-state index is 11.5. The lowest BCUT2D eigenvalue weighted by Gasteiger charge is -2.10. The van der Waals surface area contributed by atoms with Crippen molar-refractivity contribution < 1.29 is 14.9 Å². The molecular weight excluding hydrogens is 192 g/mol. The van der Waals surface area contributed by atoms with Crippen molar-refractivity contribution in [3.63, 3.8) is 0 Å². The van der Waals surface area contributed by atoms with Crippen molar-refractivity contribution in [3.05, 3.63) is 35.9 Å². The van der Waals surface area contributed by atoms with Crippen LogP contribution in [-0.4, -0.2) is 16.6 Å². The molecule has 0 saturated heterocycles. The Hall–Kier alpha value is -1.63. The minimum Gasteiger partial charge on any atom is -0.279 e. The summed E-state index contributed by atoms with van der Waals surface area (Å²) in [6, 6.07) is 8.73. The van der Waals surface area contributed by atoms with E-state index in [1.165, 1.54) is 0 Å². The van der Waals surface area contributed by atoms with Gasteiger partial charge < -0.3 is 0 Å². The van der Waals surface area contributed by atoms with Gasteiger partial charge in [0.1, 0.15) is 0 Å². The third-order valence-corrected chi connectivity index (χ3v) is 1.74. The first-order valence-corrected chi connectivity index (χ1v) is 4.50. The Balaban J connectivity index is 2.81. The molecule has 1 aromatic carbocycles. The first-order valence-electron chi connectivity index (χ1n) is 4.50. The van der Waals surface area contributed by atoms with Crippen LogP contribution in [0, 0.1) is 11.8 Å². The summed E-state index contributed by atoms with van der Waals surface area (Å²) in [6.45, 7) is 3.14. The van der Waals surface area contributed by atoms with Crippen LogP contribution < -0.4 is 0 Å². The van der Waals surface area contributed by atoms with Crippen molar-refractivity contribution in [2.24, 2.45) is 0 Å². The number of carbonyl (C=O) groups excluding carboxylic acids is 1. The highest BCUT2D eigenvalue weighted by Gasteiger charge is 2.14. The fourth-order valence-corrected chi connectivity index (χ4v) is 0.892. The molecule has 0 heterocycles. The second-order valence-electron chi connectivity index (χ2n) is 3.55. The number of hydrogen-bond donors (Lipinski definition) is 1. The predicted octanol–water partition coefficient (Wildman–Crippen LogP) is 2.14. The van der Waals surface area contributed by atoms with Gasteiger partial charge in [-0.3, -0.25) is 10.1 Å². The highest BCUT2D eigenvalue weighted by Crippen LogP contribution is 2.05. The van der Waals surface area contributed by atoms with Gasteiger partial charge in [-0.1, -0.05) is 36.3 Å². The lowest BCUT2D eigenvalue weighted by atomic mass is 10.1. The fourth-order valence-electron chi connectivity index (χ4n) is 0.892. The van der Waals surface area contributed by atoms with Crippen LogP contribution in [0.4, 0.5) is 0 Å². The van der Waals surface area contributed by atoms with Gasteiger partial charge in [-0.15, -0.1) is 0 Å². The van der Waals surface area contributed by atoms with E-state index in [2.05, 4.69) is 16.7 Å². The second-order valence-corrected chi connectivity index (χ2v) is 3.55. The molecule has 3 nitrogen and oxygen atoms in total. The molecule has 0 atom stereocenters. The van der Waals surface area contributed by atoms with Crippen LogP contribution >= 0.6 is 0 Å². The van der Waals surface area contributed by atoms with E-state index in [1.807, 2.05) is 6.07 Å². The van der Waals surface area contributed by atoms with Gasteiger partial charge in [-0.25, -0.2) is 4.89 Å². The maximum Gasteiger partial charge on any atom is 0.235 e. The zero-order valence-corrected chi connectivity index (χ0v) is 8.65. The summed E-state index contributed by atoms with van der Waals surface area (Å²) >= 11 is 0. The minimum atomic E-state index is -1.02. The summed E-state index contributed by atoms with van der Waals surface area (Å²) in [7, 11) is 0. The average Bonchev–Trinajstić information content (AvgIpc) is 2.27. The molecule has 0 saturated carbocycles. The van der Waals surface area contributed by atoms with Gasteiger partial charge in [0.15, 0.2) is 5.60 Å². The number of rotatable bonds is 2. The maximum atomic E-state index is 11.5. The van der Waals surface area contributed by atoms with E-state index in [4.69, 9.17) is 5.26 Å². The van der Waals surface area contributed by atoms with Crippen molar-refractivity contribution in [1.82, 2.24) is 0 Å². The summed E-state index contributed by atoms with van der Waals surface area (Å²) in [4.78, 5) is 15.6. The molecule has 0 unspecified atom stereocenters. The summed E-state index contributed by atoms with van der Waals surface area (Å²) in [5.74, 6) is 4.66. The van der Waals surface area contributed by atoms with Gasteiger partial charge in [-0.2, -0.15) is 0 Å². The van der Waals surface area contributed by atoms with Gasteiger partial charge >= 0.3 is 0 Å². The Kier molecular flexibility index (Phi) is 3.62. The highest BCUT2D eigenvalue weighted by atomic mass is 17.1. The third kappa shape index (κ3) is 3.55. The van der Waals surface area contributed by atoms with Crippen molar-refractivity contribution in [3.8, 4) is 11.8 Å². The zero-order chi connectivity index (χ0) is 11.3. The standard InChI is InChI=1S/C12H12O3/c1-12(2,15-14)9-8-11(13)10-6-4-3-5-7-10/h3-7,14H,1-2H3. The normalized spacial score (nSPS) is 10.3. The molecule has 3 heteroatoms. The molecule has 1 rings (SSSR count). The monoisotopic (exact) mass is 204 g/mol. The molecule has 0 bridgehead atoms. The van der Waals surface area contributed by atoms with Crippen LogP contribution in [0.15, 0.2) is 30.3 Å². The fraction of sp³-hybridized carbons (Fsp3) is 0.250. The van der Waals surface area contributed by atoms with Crippen molar-refractivity contribution in [2.45, 2.75) is 19.4 Å². The van der Waals surface area contributed by atoms with E-state index < -0.39 is 5.60 Å². The number of carbonyl (C=O) groups is 1. The van der Waals surface area contributed by atoms with E-state index in [-0.39, 0.29) is 5.78 Å². The number of ketones is 1. The van der Waals surface area contributed by atoms with Crippen molar-refractivity contribution >= 4 is 5.78 Å². The first-order chi connectivity index (χ1) is 7.05. The largest absolute Gasteiger partial charge is 0.279 e. The Morgan fingerprint density at radius 2 is 1.93 bits per heavy atom. The van der Waals surface area contributed by atoms with Crippen LogP contribution in [0.1, 0.15) is 24.2 Å². The molecule has 0 fully saturated rings. The third-order valence-electron chi connectivity index (χ3n) is 1.74. The molecule has 0 aliphatic heterocycles. The number of benzene rings is 1. The van der Waals surface area contributed by atoms with Crippen LogP contribution in [-0.2, 0) is 4.89 Å². The molecule has 0 spiro atoms. The zero-order valence-electron chi connectivity index (χ0n) is 8.65. The van der Waals surface area contributed by atoms with Crippen LogP contribution in [0.3, 0.4) is 0 Å². The Morgan fingerprint density at radius 3 is 2.47 bits per heavy atom. The minimum absolute atomic E-state index is 0.291. The van der Waals surface area contributed by atoms with Gasteiger partial charge in [-0.05, 0) is 19.8 Å². The van der Waals surface area contributed by atoms with E-state index in [0.29, 0.717) is 5.56 Å². The lowest BCUT2D eigenvalue weighted by molar-refractivity contribution is -0.293. The summed E-state index contributed by atoms with van der Waals surface area (Å²) in [5.41, 5.74) is -0.497. The average molecular weight is 204 g/mol. The molecule has 0 aromatic heterocycles. The SMILES string of the molecule is CC(C)(C#CC(=O)c1ccccc1)OO. The Bertz CT molecular complexity index is 396. The van der Waals surface area contributed by atoms with E-state index in [1.54, 1.807) is 38.1 Å². The summed E-state index contributed by atoms with van der Waals surface area (Å²) in [6.07, 6.45) is 0. The topological polar surface area (TPSA) is 46.5 Å². The van der Waals surface area contributed by atoms with Crippen molar-refractivity contribution in [2.75, 3.05) is 0 Å². The van der Waals surface area contributed by atoms with Gasteiger partial charge in [0.05, 0.1) is 0 Å². The van der Waals surface area contributed by atoms with Crippen molar-refractivity contribution in [1.29, 1.82) is 0 Å². The van der Waals surface area contributed by atoms with E-state index in [9.17, 15) is 4.79 Å². The number of hydrogen-bond acceptors (Lipinski definition) is 3. The molecule has 15 heavy (non-hydrogen) atoms. The summed E-state index contributed by atoms with van der Waals surface area (Å²) < 4.78 is 0. The van der Waals surface area contributed by atoms with Gasteiger partial charge in [0.2, 0.25) is 5.78 Å². The van der Waals surface area contributed by atoms with Crippen LogP contribution in [0.5, 0.6) is 0 Å². The Morgan fingerprint density at radius 1 is 1.33 bits per heavy atom. The molecule has 1 N–H and O–H groups in total.